The van der Waals surface area contributed by atoms with Crippen LogP contribution in [0.4, 0.5) is 0 Å². The van der Waals surface area contributed by atoms with Gasteiger partial charge in [0.25, 0.3) is 0 Å². The number of hydrogen-bond acceptors (Lipinski definition) is 4. The Morgan fingerprint density at radius 3 is 2.41 bits per heavy atom. The lowest BCUT2D eigenvalue weighted by atomic mass is 9.93. The molecule has 4 heteroatoms. The molecule has 1 aromatic rings. The van der Waals surface area contributed by atoms with Crippen LogP contribution in [0.25, 0.3) is 0 Å². The molecule has 0 aliphatic heterocycles. The van der Waals surface area contributed by atoms with Crippen molar-refractivity contribution in [2.24, 2.45) is 5.41 Å². The molecule has 0 atom stereocenters. The highest BCUT2D eigenvalue weighted by Gasteiger charge is 2.18. The van der Waals surface area contributed by atoms with Gasteiger partial charge in [-0.3, -0.25) is 0 Å². The molecule has 0 radical (unpaired) electrons. The van der Waals surface area contributed by atoms with Gasteiger partial charge in [0.1, 0.15) is 5.76 Å². The highest BCUT2D eigenvalue weighted by molar-refractivity contribution is 5.05. The Morgan fingerprint density at radius 1 is 1.29 bits per heavy atom. The number of aromatic nitrogens is 1. The number of oxazole rings is 1. The first-order valence-corrected chi connectivity index (χ1v) is 6.08. The van der Waals surface area contributed by atoms with Crippen molar-refractivity contribution in [1.82, 2.24) is 15.2 Å². The van der Waals surface area contributed by atoms with E-state index in [9.17, 15) is 0 Å². The molecule has 0 amide bonds. The summed E-state index contributed by atoms with van der Waals surface area (Å²) in [6.45, 7) is 11.1. The minimum absolute atomic E-state index is 0.250. The fraction of sp³-hybridized carbons (Fsp3) is 0.769. The summed E-state index contributed by atoms with van der Waals surface area (Å²) in [5, 5.41) is 3.40. The van der Waals surface area contributed by atoms with Gasteiger partial charge in [0, 0.05) is 13.1 Å². The topological polar surface area (TPSA) is 41.3 Å². The molecule has 0 spiro atoms. The van der Waals surface area contributed by atoms with E-state index in [-0.39, 0.29) is 5.41 Å². The molecule has 98 valence electrons. The average molecular weight is 239 g/mol. The van der Waals surface area contributed by atoms with Gasteiger partial charge in [-0.2, -0.15) is 0 Å². The molecule has 1 rings (SSSR count). The second-order valence-electron chi connectivity index (χ2n) is 5.75. The molecule has 0 saturated carbocycles. The third-order valence-electron chi connectivity index (χ3n) is 2.70. The Bertz CT molecular complexity index is 336. The molecule has 0 aliphatic carbocycles. The first kappa shape index (κ1) is 14.2. The molecule has 0 saturated heterocycles. The largest absolute Gasteiger partial charge is 0.444 e. The normalized spacial score (nSPS) is 12.4. The van der Waals surface area contributed by atoms with E-state index in [1.165, 1.54) is 0 Å². The number of nitrogens with zero attached hydrogens (tertiary/aromatic N) is 2. The zero-order chi connectivity index (χ0) is 13.1. The Morgan fingerprint density at radius 2 is 1.94 bits per heavy atom. The van der Waals surface area contributed by atoms with Crippen molar-refractivity contribution in [3.63, 3.8) is 0 Å². The van der Waals surface area contributed by atoms with E-state index in [0.717, 1.165) is 30.4 Å². The summed E-state index contributed by atoms with van der Waals surface area (Å²) in [7, 11) is 4.20. The van der Waals surface area contributed by atoms with Crippen molar-refractivity contribution < 1.29 is 4.42 Å². The van der Waals surface area contributed by atoms with Crippen LogP contribution in [0.15, 0.2) is 4.42 Å². The first-order valence-electron chi connectivity index (χ1n) is 6.08. The molecule has 0 aliphatic rings. The van der Waals surface area contributed by atoms with Crippen LogP contribution in [-0.4, -0.2) is 37.1 Å². The highest BCUT2D eigenvalue weighted by atomic mass is 16.4. The van der Waals surface area contributed by atoms with E-state index < -0.39 is 0 Å². The van der Waals surface area contributed by atoms with Gasteiger partial charge in [0.2, 0.25) is 5.89 Å². The maximum Gasteiger partial charge on any atom is 0.208 e. The molecule has 0 fully saturated rings. The van der Waals surface area contributed by atoms with E-state index in [1.807, 2.05) is 13.8 Å². The van der Waals surface area contributed by atoms with Crippen molar-refractivity contribution in [1.29, 1.82) is 0 Å². The van der Waals surface area contributed by atoms with Crippen LogP contribution in [0.3, 0.4) is 0 Å². The van der Waals surface area contributed by atoms with Crippen LogP contribution >= 0.6 is 0 Å². The third-order valence-corrected chi connectivity index (χ3v) is 2.70. The Balaban J connectivity index is 2.37. The Kier molecular flexibility index (Phi) is 4.71. The van der Waals surface area contributed by atoms with Gasteiger partial charge < -0.3 is 14.6 Å². The van der Waals surface area contributed by atoms with Crippen molar-refractivity contribution >= 4 is 0 Å². The Hall–Kier alpha value is -0.870. The van der Waals surface area contributed by atoms with Crippen molar-refractivity contribution in [2.75, 3.05) is 27.2 Å². The highest BCUT2D eigenvalue weighted by Crippen LogP contribution is 2.14. The van der Waals surface area contributed by atoms with Crippen LogP contribution in [-0.2, 0) is 6.54 Å². The summed E-state index contributed by atoms with van der Waals surface area (Å²) in [4.78, 5) is 6.56. The van der Waals surface area contributed by atoms with Crippen molar-refractivity contribution in [2.45, 2.75) is 34.2 Å². The second-order valence-corrected chi connectivity index (χ2v) is 5.75. The van der Waals surface area contributed by atoms with Gasteiger partial charge in [0.05, 0.1) is 12.2 Å². The molecule has 0 aromatic carbocycles. The van der Waals surface area contributed by atoms with E-state index in [4.69, 9.17) is 4.42 Å². The third kappa shape index (κ3) is 4.88. The van der Waals surface area contributed by atoms with Crippen molar-refractivity contribution in [3.8, 4) is 0 Å². The average Bonchev–Trinajstić information content (AvgIpc) is 2.43. The summed E-state index contributed by atoms with van der Waals surface area (Å²) < 4.78 is 5.53. The summed E-state index contributed by atoms with van der Waals surface area (Å²) >= 11 is 0. The molecule has 0 bridgehead atoms. The lowest BCUT2D eigenvalue weighted by molar-refractivity contribution is 0.230. The van der Waals surface area contributed by atoms with E-state index in [2.05, 4.69) is 43.1 Å². The van der Waals surface area contributed by atoms with Crippen molar-refractivity contribution in [3.05, 3.63) is 17.3 Å². The molecule has 4 nitrogen and oxygen atoms in total. The van der Waals surface area contributed by atoms with Crippen LogP contribution in [0.2, 0.25) is 0 Å². The number of nitrogens with one attached hydrogen (secondary N) is 1. The zero-order valence-electron chi connectivity index (χ0n) is 11.9. The summed E-state index contributed by atoms with van der Waals surface area (Å²) in [5.41, 5.74) is 1.23. The van der Waals surface area contributed by atoms with E-state index in [1.54, 1.807) is 0 Å². The number of rotatable bonds is 6. The summed E-state index contributed by atoms with van der Waals surface area (Å²) in [6, 6.07) is 0. The lowest BCUT2D eigenvalue weighted by Gasteiger charge is -2.28. The fourth-order valence-electron chi connectivity index (χ4n) is 2.03. The predicted molar refractivity (Wildman–Crippen MR) is 70.0 cm³/mol. The SMILES string of the molecule is Cc1nc(CNCC(C)(C)CN(C)C)oc1C. The molecular formula is C13H25N3O. The number of aryl methyl sites for hydroxylation is 2. The first-order chi connectivity index (χ1) is 7.80. The molecule has 1 N–H and O–H groups in total. The summed E-state index contributed by atoms with van der Waals surface area (Å²) in [6.07, 6.45) is 0. The monoisotopic (exact) mass is 239 g/mol. The van der Waals surface area contributed by atoms with Gasteiger partial charge in [-0.15, -0.1) is 0 Å². The molecule has 17 heavy (non-hydrogen) atoms. The van der Waals surface area contributed by atoms with Gasteiger partial charge in [-0.05, 0) is 33.4 Å². The van der Waals surface area contributed by atoms with Crippen LogP contribution in [0.1, 0.15) is 31.2 Å². The lowest BCUT2D eigenvalue weighted by Crippen LogP contribution is -2.37. The molecular weight excluding hydrogens is 214 g/mol. The van der Waals surface area contributed by atoms with Gasteiger partial charge >= 0.3 is 0 Å². The molecule has 1 aromatic heterocycles. The standard InChI is InChI=1S/C13H25N3O/c1-10-11(2)17-12(15-10)7-14-8-13(3,4)9-16(5)6/h14H,7-9H2,1-6H3. The second kappa shape index (κ2) is 5.65. The Labute approximate surface area is 104 Å². The van der Waals surface area contributed by atoms with E-state index >= 15 is 0 Å². The van der Waals surface area contributed by atoms with Gasteiger partial charge in [-0.1, -0.05) is 13.8 Å². The van der Waals surface area contributed by atoms with Gasteiger partial charge in [0.15, 0.2) is 0 Å². The quantitative estimate of drug-likeness (QED) is 0.824. The minimum atomic E-state index is 0.250. The molecule has 1 heterocycles. The zero-order valence-corrected chi connectivity index (χ0v) is 11.9. The van der Waals surface area contributed by atoms with Crippen LogP contribution < -0.4 is 5.32 Å². The maximum atomic E-state index is 5.53. The van der Waals surface area contributed by atoms with E-state index in [0.29, 0.717) is 6.54 Å². The molecule has 0 unspecified atom stereocenters. The maximum absolute atomic E-state index is 5.53. The minimum Gasteiger partial charge on any atom is -0.444 e. The van der Waals surface area contributed by atoms with Gasteiger partial charge in [-0.25, -0.2) is 4.98 Å². The summed E-state index contributed by atoms with van der Waals surface area (Å²) in [5.74, 6) is 1.69. The number of hydrogen-bond donors (Lipinski definition) is 1. The van der Waals surface area contributed by atoms with Crippen LogP contribution in [0, 0.1) is 19.3 Å². The predicted octanol–water partition coefficient (Wildman–Crippen LogP) is 1.97. The smallest absolute Gasteiger partial charge is 0.208 e. The fourth-order valence-corrected chi connectivity index (χ4v) is 2.03. The van der Waals surface area contributed by atoms with Crippen LogP contribution in [0.5, 0.6) is 0 Å².